The molecule has 0 spiro atoms. The maximum absolute atomic E-state index is 3.36. The third-order valence-electron chi connectivity index (χ3n) is 3.89. The standard InChI is InChI=1S/C15H24N2/c1-12-5-4-6-13(9-12)15(10-16-2)14-7-8-17(3)11-14/h4-6,9,14-16H,7-8,10-11H2,1-3H3. The van der Waals surface area contributed by atoms with Crippen LogP contribution in [0.3, 0.4) is 0 Å². The molecule has 1 fully saturated rings. The molecule has 2 nitrogen and oxygen atoms in total. The van der Waals surface area contributed by atoms with Crippen molar-refractivity contribution in [2.45, 2.75) is 19.3 Å². The SMILES string of the molecule is CNCC(c1cccc(C)c1)C1CCN(C)C1. The third kappa shape index (κ3) is 3.08. The molecule has 1 aliphatic heterocycles. The van der Waals surface area contributed by atoms with Crippen LogP contribution in [-0.2, 0) is 0 Å². The van der Waals surface area contributed by atoms with E-state index in [1.54, 1.807) is 0 Å². The molecule has 1 aromatic carbocycles. The molecule has 0 saturated carbocycles. The summed E-state index contributed by atoms with van der Waals surface area (Å²) >= 11 is 0. The van der Waals surface area contributed by atoms with E-state index in [9.17, 15) is 0 Å². The first-order valence-electron chi connectivity index (χ1n) is 6.60. The first kappa shape index (κ1) is 12.6. The molecule has 1 saturated heterocycles. The Kier molecular flexibility index (Phi) is 4.19. The maximum Gasteiger partial charge on any atom is 0.00203 e. The highest BCUT2D eigenvalue weighted by Crippen LogP contribution is 2.31. The summed E-state index contributed by atoms with van der Waals surface area (Å²) in [4.78, 5) is 2.45. The number of nitrogens with zero attached hydrogens (tertiary/aromatic N) is 1. The molecule has 0 aromatic heterocycles. The van der Waals surface area contributed by atoms with Gasteiger partial charge < -0.3 is 10.2 Å². The molecule has 0 radical (unpaired) electrons. The Labute approximate surface area is 105 Å². The topological polar surface area (TPSA) is 15.3 Å². The van der Waals surface area contributed by atoms with Crippen molar-refractivity contribution >= 4 is 0 Å². The summed E-state index contributed by atoms with van der Waals surface area (Å²) in [5.74, 6) is 1.46. The highest BCUT2D eigenvalue weighted by molar-refractivity contribution is 5.26. The second kappa shape index (κ2) is 5.65. The quantitative estimate of drug-likeness (QED) is 0.856. The molecule has 0 amide bonds. The van der Waals surface area contributed by atoms with Gasteiger partial charge >= 0.3 is 0 Å². The van der Waals surface area contributed by atoms with Crippen molar-refractivity contribution in [3.8, 4) is 0 Å². The molecule has 1 N–H and O–H groups in total. The molecule has 1 aliphatic rings. The van der Waals surface area contributed by atoms with Gasteiger partial charge in [0.1, 0.15) is 0 Å². The zero-order chi connectivity index (χ0) is 12.3. The van der Waals surface area contributed by atoms with E-state index in [-0.39, 0.29) is 0 Å². The van der Waals surface area contributed by atoms with E-state index in [1.165, 1.54) is 30.6 Å². The fourth-order valence-corrected chi connectivity index (χ4v) is 2.97. The van der Waals surface area contributed by atoms with Gasteiger partial charge in [-0.1, -0.05) is 29.8 Å². The van der Waals surface area contributed by atoms with Crippen molar-refractivity contribution in [1.29, 1.82) is 0 Å². The zero-order valence-corrected chi connectivity index (χ0v) is 11.2. The van der Waals surface area contributed by atoms with Crippen molar-refractivity contribution < 1.29 is 0 Å². The van der Waals surface area contributed by atoms with Crippen molar-refractivity contribution in [2.75, 3.05) is 33.7 Å². The van der Waals surface area contributed by atoms with Gasteiger partial charge in [0.05, 0.1) is 0 Å². The minimum Gasteiger partial charge on any atom is -0.319 e. The van der Waals surface area contributed by atoms with Crippen molar-refractivity contribution in [3.05, 3.63) is 35.4 Å². The van der Waals surface area contributed by atoms with Gasteiger partial charge in [-0.05, 0) is 45.5 Å². The van der Waals surface area contributed by atoms with E-state index in [2.05, 4.69) is 55.5 Å². The average molecular weight is 232 g/mol. The number of rotatable bonds is 4. The number of likely N-dealkylation sites (tertiary alicyclic amines) is 1. The van der Waals surface area contributed by atoms with Crippen LogP contribution < -0.4 is 5.32 Å². The lowest BCUT2D eigenvalue weighted by Crippen LogP contribution is -2.26. The van der Waals surface area contributed by atoms with Gasteiger partial charge in [0.15, 0.2) is 0 Å². The van der Waals surface area contributed by atoms with Gasteiger partial charge in [-0.3, -0.25) is 0 Å². The Morgan fingerprint density at radius 2 is 2.29 bits per heavy atom. The molecule has 2 rings (SSSR count). The molecular weight excluding hydrogens is 208 g/mol. The van der Waals surface area contributed by atoms with Crippen LogP contribution in [-0.4, -0.2) is 38.6 Å². The fourth-order valence-electron chi connectivity index (χ4n) is 2.97. The smallest absolute Gasteiger partial charge is 0.00203 e. The minimum absolute atomic E-state index is 0.657. The molecule has 1 aromatic rings. The van der Waals surface area contributed by atoms with E-state index < -0.39 is 0 Å². The van der Waals surface area contributed by atoms with Gasteiger partial charge in [0.2, 0.25) is 0 Å². The second-order valence-electron chi connectivity index (χ2n) is 5.39. The summed E-state index contributed by atoms with van der Waals surface area (Å²) in [6.07, 6.45) is 1.33. The van der Waals surface area contributed by atoms with E-state index in [4.69, 9.17) is 0 Å². The number of nitrogens with one attached hydrogen (secondary N) is 1. The number of aryl methyl sites for hydroxylation is 1. The molecule has 1 heterocycles. The first-order chi connectivity index (χ1) is 8.20. The van der Waals surface area contributed by atoms with Crippen LogP contribution in [0, 0.1) is 12.8 Å². The maximum atomic E-state index is 3.36. The van der Waals surface area contributed by atoms with Crippen molar-refractivity contribution in [2.24, 2.45) is 5.92 Å². The van der Waals surface area contributed by atoms with Crippen LogP contribution in [0.4, 0.5) is 0 Å². The number of hydrogen-bond acceptors (Lipinski definition) is 2. The van der Waals surface area contributed by atoms with E-state index in [0.717, 1.165) is 12.5 Å². The predicted octanol–water partition coefficient (Wildman–Crippen LogP) is 2.25. The van der Waals surface area contributed by atoms with Crippen LogP contribution in [0.1, 0.15) is 23.5 Å². The molecule has 94 valence electrons. The Bertz CT molecular complexity index is 362. The molecule has 2 unspecified atom stereocenters. The fraction of sp³-hybridized carbons (Fsp3) is 0.600. The summed E-state index contributed by atoms with van der Waals surface area (Å²) < 4.78 is 0. The first-order valence-corrected chi connectivity index (χ1v) is 6.60. The Morgan fingerprint density at radius 3 is 2.88 bits per heavy atom. The predicted molar refractivity (Wildman–Crippen MR) is 73.5 cm³/mol. The summed E-state index contributed by atoms with van der Waals surface area (Å²) in [6, 6.07) is 9.00. The molecule has 17 heavy (non-hydrogen) atoms. The van der Waals surface area contributed by atoms with Crippen LogP contribution in [0.5, 0.6) is 0 Å². The summed E-state index contributed by atoms with van der Waals surface area (Å²) in [5.41, 5.74) is 2.87. The van der Waals surface area contributed by atoms with Gasteiger partial charge in [0, 0.05) is 19.0 Å². The lowest BCUT2D eigenvalue weighted by molar-refractivity contribution is 0.365. The zero-order valence-electron chi connectivity index (χ0n) is 11.2. The molecule has 2 atom stereocenters. The number of likely N-dealkylation sites (N-methyl/N-ethyl adjacent to an activating group) is 1. The number of benzene rings is 1. The summed E-state index contributed by atoms with van der Waals surface area (Å²) in [7, 11) is 4.29. The van der Waals surface area contributed by atoms with Gasteiger partial charge in [-0.15, -0.1) is 0 Å². The van der Waals surface area contributed by atoms with E-state index >= 15 is 0 Å². The Balaban J connectivity index is 2.16. The Morgan fingerprint density at radius 1 is 1.47 bits per heavy atom. The second-order valence-corrected chi connectivity index (χ2v) is 5.39. The lowest BCUT2D eigenvalue weighted by atomic mass is 9.85. The highest BCUT2D eigenvalue weighted by Gasteiger charge is 2.28. The van der Waals surface area contributed by atoms with Crippen LogP contribution in [0.15, 0.2) is 24.3 Å². The average Bonchev–Trinajstić information content (AvgIpc) is 2.72. The normalized spacial score (nSPS) is 22.9. The summed E-state index contributed by atoms with van der Waals surface area (Å²) in [6.45, 7) is 5.75. The largest absolute Gasteiger partial charge is 0.319 e. The molecular formula is C15H24N2. The van der Waals surface area contributed by atoms with Crippen LogP contribution >= 0.6 is 0 Å². The number of hydrogen-bond donors (Lipinski definition) is 1. The van der Waals surface area contributed by atoms with Crippen molar-refractivity contribution in [3.63, 3.8) is 0 Å². The molecule has 0 bridgehead atoms. The van der Waals surface area contributed by atoms with Gasteiger partial charge in [-0.2, -0.15) is 0 Å². The molecule has 0 aliphatic carbocycles. The minimum atomic E-state index is 0.657. The Hall–Kier alpha value is -0.860. The van der Waals surface area contributed by atoms with E-state index in [0.29, 0.717) is 5.92 Å². The van der Waals surface area contributed by atoms with Gasteiger partial charge in [0.25, 0.3) is 0 Å². The molecule has 2 heteroatoms. The monoisotopic (exact) mass is 232 g/mol. The van der Waals surface area contributed by atoms with E-state index in [1.807, 2.05) is 0 Å². The summed E-state index contributed by atoms with van der Waals surface area (Å²) in [5, 5.41) is 3.36. The van der Waals surface area contributed by atoms with Crippen LogP contribution in [0.25, 0.3) is 0 Å². The lowest BCUT2D eigenvalue weighted by Gasteiger charge is -2.24. The highest BCUT2D eigenvalue weighted by atomic mass is 15.1. The van der Waals surface area contributed by atoms with Crippen LogP contribution in [0.2, 0.25) is 0 Å². The van der Waals surface area contributed by atoms with Gasteiger partial charge in [-0.25, -0.2) is 0 Å². The third-order valence-corrected chi connectivity index (χ3v) is 3.89. The van der Waals surface area contributed by atoms with Crippen molar-refractivity contribution in [1.82, 2.24) is 10.2 Å².